The van der Waals surface area contributed by atoms with Crippen LogP contribution in [-0.2, 0) is 6.54 Å². The summed E-state index contributed by atoms with van der Waals surface area (Å²) in [5, 5.41) is 7.22. The molecule has 0 bridgehead atoms. The summed E-state index contributed by atoms with van der Waals surface area (Å²) < 4.78 is 0. The molecule has 0 aliphatic heterocycles. The number of nitrogens with one attached hydrogen (secondary N) is 1. The first-order valence-electron chi connectivity index (χ1n) is 4.06. The number of hydrogen-bond acceptors (Lipinski definition) is 5. The maximum Gasteiger partial charge on any atom is 0.228 e. The standard InChI is InChI=1S/C8H6Cl2N4S/c9-6-12-7(10)14-8(13-6)11-3-5-1-2-15-4-5/h1-2,4H,3H2,(H,11,12,13,14). The van der Waals surface area contributed by atoms with Crippen LogP contribution in [0.15, 0.2) is 16.8 Å². The Bertz CT molecular complexity index is 426. The molecule has 0 saturated heterocycles. The monoisotopic (exact) mass is 260 g/mol. The van der Waals surface area contributed by atoms with Crippen LogP contribution in [0.3, 0.4) is 0 Å². The van der Waals surface area contributed by atoms with Gasteiger partial charge >= 0.3 is 0 Å². The minimum Gasteiger partial charge on any atom is -0.350 e. The van der Waals surface area contributed by atoms with Crippen molar-refractivity contribution in [3.05, 3.63) is 33.0 Å². The number of aromatic nitrogens is 3. The Morgan fingerprint density at radius 3 is 2.53 bits per heavy atom. The van der Waals surface area contributed by atoms with Gasteiger partial charge in [0.05, 0.1) is 0 Å². The van der Waals surface area contributed by atoms with E-state index in [2.05, 4.69) is 20.3 Å². The molecule has 0 radical (unpaired) electrons. The Hall–Kier alpha value is -0.910. The molecule has 7 heteroatoms. The Balaban J connectivity index is 2.05. The van der Waals surface area contributed by atoms with Crippen LogP contribution in [0.4, 0.5) is 5.95 Å². The molecule has 2 rings (SSSR count). The molecule has 0 aromatic carbocycles. The van der Waals surface area contributed by atoms with Crippen molar-refractivity contribution in [2.75, 3.05) is 5.32 Å². The zero-order valence-corrected chi connectivity index (χ0v) is 9.77. The largest absolute Gasteiger partial charge is 0.350 e. The fraction of sp³-hybridized carbons (Fsp3) is 0.125. The Kier molecular flexibility index (Phi) is 3.35. The lowest BCUT2D eigenvalue weighted by Crippen LogP contribution is -2.04. The van der Waals surface area contributed by atoms with Crippen molar-refractivity contribution in [2.24, 2.45) is 0 Å². The molecule has 0 unspecified atom stereocenters. The average molecular weight is 261 g/mol. The molecular weight excluding hydrogens is 255 g/mol. The van der Waals surface area contributed by atoms with Crippen LogP contribution < -0.4 is 5.32 Å². The molecule has 78 valence electrons. The van der Waals surface area contributed by atoms with Gasteiger partial charge in [0.2, 0.25) is 16.5 Å². The summed E-state index contributed by atoms with van der Waals surface area (Å²) in [6, 6.07) is 2.02. The molecule has 2 aromatic heterocycles. The number of anilines is 1. The summed E-state index contributed by atoms with van der Waals surface area (Å²) >= 11 is 12.9. The van der Waals surface area contributed by atoms with Crippen LogP contribution >= 0.6 is 34.5 Å². The predicted molar refractivity (Wildman–Crippen MR) is 61.5 cm³/mol. The van der Waals surface area contributed by atoms with E-state index in [1.54, 1.807) is 11.3 Å². The highest BCUT2D eigenvalue weighted by molar-refractivity contribution is 7.07. The van der Waals surface area contributed by atoms with Crippen LogP contribution in [0.2, 0.25) is 10.6 Å². The third-order valence-corrected chi connectivity index (χ3v) is 2.68. The van der Waals surface area contributed by atoms with E-state index in [4.69, 9.17) is 23.2 Å². The number of nitrogens with zero attached hydrogens (tertiary/aromatic N) is 3. The van der Waals surface area contributed by atoms with Crippen LogP contribution in [-0.4, -0.2) is 15.0 Å². The minimum atomic E-state index is 0.0859. The lowest BCUT2D eigenvalue weighted by atomic mass is 10.3. The summed E-state index contributed by atoms with van der Waals surface area (Å²) in [7, 11) is 0. The second-order valence-electron chi connectivity index (χ2n) is 2.68. The lowest BCUT2D eigenvalue weighted by molar-refractivity contribution is 1.00. The van der Waals surface area contributed by atoms with E-state index in [-0.39, 0.29) is 10.6 Å². The summed E-state index contributed by atoms with van der Waals surface area (Å²) in [4.78, 5) is 11.4. The van der Waals surface area contributed by atoms with E-state index in [9.17, 15) is 0 Å². The van der Waals surface area contributed by atoms with Crippen molar-refractivity contribution in [1.82, 2.24) is 15.0 Å². The molecule has 2 heterocycles. The molecule has 0 atom stereocenters. The van der Waals surface area contributed by atoms with Crippen LogP contribution in [0.5, 0.6) is 0 Å². The van der Waals surface area contributed by atoms with E-state index in [1.165, 1.54) is 0 Å². The average Bonchev–Trinajstić information content (AvgIpc) is 2.65. The third kappa shape index (κ3) is 3.02. The van der Waals surface area contributed by atoms with Crippen molar-refractivity contribution in [1.29, 1.82) is 0 Å². The zero-order chi connectivity index (χ0) is 10.7. The maximum atomic E-state index is 5.63. The fourth-order valence-corrected chi connectivity index (χ4v) is 2.01. The van der Waals surface area contributed by atoms with Gasteiger partial charge in [0.1, 0.15) is 0 Å². The van der Waals surface area contributed by atoms with E-state index in [1.807, 2.05) is 16.8 Å². The number of rotatable bonds is 3. The summed E-state index contributed by atoms with van der Waals surface area (Å²) in [5.74, 6) is 0.381. The Labute approximate surface area is 100 Å². The van der Waals surface area contributed by atoms with E-state index in [0.29, 0.717) is 12.5 Å². The fourth-order valence-electron chi connectivity index (χ4n) is 0.979. The smallest absolute Gasteiger partial charge is 0.228 e. The number of thiophene rings is 1. The van der Waals surface area contributed by atoms with Crippen molar-refractivity contribution >= 4 is 40.5 Å². The van der Waals surface area contributed by atoms with Gasteiger partial charge in [-0.05, 0) is 45.6 Å². The molecule has 2 aromatic rings. The summed E-state index contributed by atoms with van der Waals surface area (Å²) in [5.41, 5.74) is 1.16. The lowest BCUT2D eigenvalue weighted by Gasteiger charge is -2.02. The van der Waals surface area contributed by atoms with Crippen LogP contribution in [0, 0.1) is 0 Å². The van der Waals surface area contributed by atoms with Gasteiger partial charge in [-0.15, -0.1) is 0 Å². The minimum absolute atomic E-state index is 0.0859. The topological polar surface area (TPSA) is 50.7 Å². The Morgan fingerprint density at radius 2 is 1.93 bits per heavy atom. The first-order valence-corrected chi connectivity index (χ1v) is 5.76. The molecule has 0 saturated carbocycles. The zero-order valence-electron chi connectivity index (χ0n) is 7.44. The van der Waals surface area contributed by atoms with Gasteiger partial charge in [-0.2, -0.15) is 26.3 Å². The maximum absolute atomic E-state index is 5.63. The first kappa shape index (κ1) is 10.6. The molecule has 0 aliphatic carbocycles. The molecule has 15 heavy (non-hydrogen) atoms. The van der Waals surface area contributed by atoms with Gasteiger partial charge < -0.3 is 5.32 Å². The normalized spacial score (nSPS) is 10.3. The number of halogens is 2. The number of hydrogen-bond donors (Lipinski definition) is 1. The van der Waals surface area contributed by atoms with Crippen LogP contribution in [0.1, 0.15) is 5.56 Å². The van der Waals surface area contributed by atoms with Crippen molar-refractivity contribution in [2.45, 2.75) is 6.54 Å². The van der Waals surface area contributed by atoms with E-state index < -0.39 is 0 Å². The molecular formula is C8H6Cl2N4S. The highest BCUT2D eigenvalue weighted by Crippen LogP contribution is 2.11. The molecule has 0 spiro atoms. The summed E-state index contributed by atoms with van der Waals surface area (Å²) in [6.07, 6.45) is 0. The van der Waals surface area contributed by atoms with E-state index >= 15 is 0 Å². The molecule has 0 amide bonds. The Morgan fingerprint density at radius 1 is 1.20 bits per heavy atom. The quantitative estimate of drug-likeness (QED) is 0.922. The van der Waals surface area contributed by atoms with Gasteiger partial charge in [-0.3, -0.25) is 0 Å². The van der Waals surface area contributed by atoms with Gasteiger partial charge in [0, 0.05) is 6.54 Å². The molecule has 1 N–H and O–H groups in total. The van der Waals surface area contributed by atoms with Crippen molar-refractivity contribution < 1.29 is 0 Å². The summed E-state index contributed by atoms with van der Waals surface area (Å²) in [6.45, 7) is 0.639. The van der Waals surface area contributed by atoms with Crippen molar-refractivity contribution in [3.63, 3.8) is 0 Å². The van der Waals surface area contributed by atoms with Gasteiger partial charge in [-0.1, -0.05) is 0 Å². The van der Waals surface area contributed by atoms with Gasteiger partial charge in [0.25, 0.3) is 0 Å². The van der Waals surface area contributed by atoms with E-state index in [0.717, 1.165) is 5.56 Å². The van der Waals surface area contributed by atoms with Gasteiger partial charge in [0.15, 0.2) is 0 Å². The third-order valence-electron chi connectivity index (χ3n) is 1.61. The molecule has 0 aliphatic rings. The highest BCUT2D eigenvalue weighted by atomic mass is 35.5. The molecule has 4 nitrogen and oxygen atoms in total. The second-order valence-corrected chi connectivity index (χ2v) is 4.14. The second kappa shape index (κ2) is 4.74. The predicted octanol–water partition coefficient (Wildman–Crippen LogP) is 2.85. The van der Waals surface area contributed by atoms with Crippen LogP contribution in [0.25, 0.3) is 0 Å². The SMILES string of the molecule is Clc1nc(Cl)nc(NCc2ccsc2)n1. The van der Waals surface area contributed by atoms with Gasteiger partial charge in [-0.25, -0.2) is 0 Å². The first-order chi connectivity index (χ1) is 7.24. The van der Waals surface area contributed by atoms with Crippen molar-refractivity contribution in [3.8, 4) is 0 Å². The molecule has 0 fully saturated rings. The highest BCUT2D eigenvalue weighted by Gasteiger charge is 2.02.